The third kappa shape index (κ3) is 3.93. The minimum Gasteiger partial charge on any atom is -0.478 e. The normalized spacial score (nSPS) is 14.1. The lowest BCUT2D eigenvalue weighted by Crippen LogP contribution is -2.46. The molecule has 94 valence electrons. The van der Waals surface area contributed by atoms with Crippen LogP contribution < -0.4 is 10.5 Å². The number of hydrogen-bond donors (Lipinski definition) is 1. The molecule has 1 aromatic carbocycles. The van der Waals surface area contributed by atoms with Crippen molar-refractivity contribution in [3.05, 3.63) is 29.3 Å². The van der Waals surface area contributed by atoms with Crippen LogP contribution in [0, 0.1) is 0 Å². The number of ether oxygens (including phenoxy) is 1. The smallest absolute Gasteiger partial charge is 0.261 e. The Hall–Kier alpha value is -1.22. The van der Waals surface area contributed by atoms with E-state index >= 15 is 0 Å². The van der Waals surface area contributed by atoms with Gasteiger partial charge in [-0.2, -0.15) is 0 Å². The van der Waals surface area contributed by atoms with E-state index in [1.807, 2.05) is 0 Å². The first kappa shape index (κ1) is 13.8. The van der Waals surface area contributed by atoms with E-state index in [2.05, 4.69) is 6.92 Å². The molecule has 0 aromatic heterocycles. The molecule has 0 saturated carbocycles. The molecule has 0 aliphatic carbocycles. The van der Waals surface area contributed by atoms with Crippen LogP contribution in [0.3, 0.4) is 0 Å². The van der Waals surface area contributed by atoms with Crippen LogP contribution in [0.25, 0.3) is 0 Å². The van der Waals surface area contributed by atoms with Gasteiger partial charge in [-0.1, -0.05) is 24.9 Å². The Labute approximate surface area is 107 Å². The molecule has 1 atom stereocenters. The fourth-order valence-electron chi connectivity index (χ4n) is 1.50. The predicted molar refractivity (Wildman–Crippen MR) is 69.2 cm³/mol. The average molecular weight is 256 g/mol. The van der Waals surface area contributed by atoms with Gasteiger partial charge in [-0.05, 0) is 44.0 Å². The number of primary amides is 1. The number of halogens is 1. The Morgan fingerprint density at radius 3 is 2.47 bits per heavy atom. The first-order chi connectivity index (χ1) is 7.98. The summed E-state index contributed by atoms with van der Waals surface area (Å²) >= 11 is 5.78. The molecule has 0 bridgehead atoms. The molecule has 17 heavy (non-hydrogen) atoms. The molecule has 1 amide bonds. The van der Waals surface area contributed by atoms with Gasteiger partial charge in [0, 0.05) is 5.02 Å². The standard InChI is InChI=1S/C13H18ClNO2/c1-3-4-9-13(2,12(15)16)17-11-7-5-10(14)6-8-11/h5-8H,3-4,9H2,1-2H3,(H2,15,16). The Bertz CT molecular complexity index is 378. The van der Waals surface area contributed by atoms with Gasteiger partial charge in [0.05, 0.1) is 0 Å². The molecule has 1 rings (SSSR count). The van der Waals surface area contributed by atoms with Crippen LogP contribution in [-0.4, -0.2) is 11.5 Å². The monoisotopic (exact) mass is 255 g/mol. The molecule has 0 saturated heterocycles. The van der Waals surface area contributed by atoms with Gasteiger partial charge in [0.15, 0.2) is 5.60 Å². The summed E-state index contributed by atoms with van der Waals surface area (Å²) in [5.41, 5.74) is 4.44. The lowest BCUT2D eigenvalue weighted by molar-refractivity contribution is -0.132. The largest absolute Gasteiger partial charge is 0.478 e. The zero-order valence-electron chi connectivity index (χ0n) is 10.2. The van der Waals surface area contributed by atoms with Crippen molar-refractivity contribution in [1.29, 1.82) is 0 Å². The van der Waals surface area contributed by atoms with Crippen LogP contribution >= 0.6 is 11.6 Å². The van der Waals surface area contributed by atoms with E-state index in [1.54, 1.807) is 31.2 Å². The van der Waals surface area contributed by atoms with Crippen LogP contribution in [-0.2, 0) is 4.79 Å². The Balaban J connectivity index is 2.79. The summed E-state index contributed by atoms with van der Waals surface area (Å²) in [5.74, 6) is 0.160. The van der Waals surface area contributed by atoms with Crippen LogP contribution in [0.4, 0.5) is 0 Å². The highest BCUT2D eigenvalue weighted by Crippen LogP contribution is 2.24. The van der Waals surface area contributed by atoms with Gasteiger partial charge in [-0.25, -0.2) is 0 Å². The van der Waals surface area contributed by atoms with Crippen LogP contribution in [0.2, 0.25) is 5.02 Å². The van der Waals surface area contributed by atoms with E-state index in [0.29, 0.717) is 17.2 Å². The number of nitrogens with two attached hydrogens (primary N) is 1. The maximum atomic E-state index is 11.5. The molecular weight excluding hydrogens is 238 g/mol. The van der Waals surface area contributed by atoms with Gasteiger partial charge in [-0.3, -0.25) is 4.79 Å². The molecule has 1 aromatic rings. The third-order valence-electron chi connectivity index (χ3n) is 2.69. The summed E-state index contributed by atoms with van der Waals surface area (Å²) in [5, 5.41) is 0.631. The minimum atomic E-state index is -0.955. The molecule has 0 radical (unpaired) electrons. The van der Waals surface area contributed by atoms with E-state index in [1.165, 1.54) is 0 Å². The van der Waals surface area contributed by atoms with Crippen molar-refractivity contribution in [2.45, 2.75) is 38.7 Å². The summed E-state index contributed by atoms with van der Waals surface area (Å²) in [7, 11) is 0. The zero-order chi connectivity index (χ0) is 12.9. The van der Waals surface area contributed by atoms with Crippen LogP contribution in [0.1, 0.15) is 33.1 Å². The van der Waals surface area contributed by atoms with Crippen molar-refractivity contribution in [2.24, 2.45) is 5.73 Å². The molecule has 0 aliphatic heterocycles. The molecular formula is C13H18ClNO2. The van der Waals surface area contributed by atoms with Crippen molar-refractivity contribution < 1.29 is 9.53 Å². The average Bonchev–Trinajstić information content (AvgIpc) is 2.29. The fraction of sp³-hybridized carbons (Fsp3) is 0.462. The van der Waals surface area contributed by atoms with Crippen molar-refractivity contribution in [3.63, 3.8) is 0 Å². The van der Waals surface area contributed by atoms with E-state index in [4.69, 9.17) is 22.1 Å². The number of carbonyl (C=O) groups is 1. The number of benzene rings is 1. The highest BCUT2D eigenvalue weighted by Gasteiger charge is 2.32. The Morgan fingerprint density at radius 2 is 2.00 bits per heavy atom. The summed E-state index contributed by atoms with van der Waals surface area (Å²) in [6, 6.07) is 6.90. The summed E-state index contributed by atoms with van der Waals surface area (Å²) in [4.78, 5) is 11.5. The van der Waals surface area contributed by atoms with Crippen molar-refractivity contribution in [2.75, 3.05) is 0 Å². The molecule has 4 heteroatoms. The van der Waals surface area contributed by atoms with Crippen molar-refractivity contribution in [1.82, 2.24) is 0 Å². The molecule has 3 nitrogen and oxygen atoms in total. The molecule has 0 aliphatic rings. The minimum absolute atomic E-state index is 0.444. The van der Waals surface area contributed by atoms with Gasteiger partial charge in [-0.15, -0.1) is 0 Å². The quantitative estimate of drug-likeness (QED) is 0.849. The predicted octanol–water partition coefficient (Wildman–Crippen LogP) is 3.15. The number of unbranched alkanes of at least 4 members (excludes halogenated alkanes) is 1. The summed E-state index contributed by atoms with van der Waals surface area (Å²) in [6.07, 6.45) is 2.50. The van der Waals surface area contributed by atoms with E-state index in [-0.39, 0.29) is 0 Å². The van der Waals surface area contributed by atoms with E-state index in [0.717, 1.165) is 12.8 Å². The maximum absolute atomic E-state index is 11.5. The first-order valence-electron chi connectivity index (χ1n) is 5.72. The second-order valence-electron chi connectivity index (χ2n) is 4.25. The molecule has 2 N–H and O–H groups in total. The second-order valence-corrected chi connectivity index (χ2v) is 4.69. The Morgan fingerprint density at radius 1 is 1.41 bits per heavy atom. The van der Waals surface area contributed by atoms with Gasteiger partial charge < -0.3 is 10.5 Å². The topological polar surface area (TPSA) is 52.3 Å². The lowest BCUT2D eigenvalue weighted by atomic mass is 9.98. The maximum Gasteiger partial charge on any atom is 0.261 e. The Kier molecular flexibility index (Phi) is 4.82. The lowest BCUT2D eigenvalue weighted by Gasteiger charge is -2.27. The molecule has 0 fully saturated rings. The number of amides is 1. The van der Waals surface area contributed by atoms with E-state index < -0.39 is 11.5 Å². The van der Waals surface area contributed by atoms with Crippen LogP contribution in [0.15, 0.2) is 24.3 Å². The summed E-state index contributed by atoms with van der Waals surface area (Å²) < 4.78 is 5.69. The SMILES string of the molecule is CCCCC(C)(Oc1ccc(Cl)cc1)C(N)=O. The van der Waals surface area contributed by atoms with Gasteiger partial charge >= 0.3 is 0 Å². The van der Waals surface area contributed by atoms with E-state index in [9.17, 15) is 4.79 Å². The van der Waals surface area contributed by atoms with Gasteiger partial charge in [0.25, 0.3) is 5.91 Å². The molecule has 1 unspecified atom stereocenters. The van der Waals surface area contributed by atoms with Crippen LogP contribution in [0.5, 0.6) is 5.75 Å². The highest BCUT2D eigenvalue weighted by atomic mass is 35.5. The second kappa shape index (κ2) is 5.92. The van der Waals surface area contributed by atoms with Crippen molar-refractivity contribution >= 4 is 17.5 Å². The number of rotatable bonds is 6. The number of hydrogen-bond acceptors (Lipinski definition) is 2. The zero-order valence-corrected chi connectivity index (χ0v) is 11.0. The van der Waals surface area contributed by atoms with Gasteiger partial charge in [0.2, 0.25) is 0 Å². The summed E-state index contributed by atoms with van der Waals surface area (Å²) in [6.45, 7) is 3.78. The molecule has 0 heterocycles. The first-order valence-corrected chi connectivity index (χ1v) is 6.10. The third-order valence-corrected chi connectivity index (χ3v) is 2.94. The fourth-order valence-corrected chi connectivity index (χ4v) is 1.63. The van der Waals surface area contributed by atoms with Gasteiger partial charge in [0.1, 0.15) is 5.75 Å². The number of carbonyl (C=O) groups excluding carboxylic acids is 1. The highest BCUT2D eigenvalue weighted by molar-refractivity contribution is 6.30. The molecule has 0 spiro atoms. The van der Waals surface area contributed by atoms with Crippen molar-refractivity contribution in [3.8, 4) is 5.75 Å².